The molecule has 1 unspecified atom stereocenters. The Labute approximate surface area is 124 Å². The molecule has 1 atom stereocenters. The minimum Gasteiger partial charge on any atom is -0.363 e. The van der Waals surface area contributed by atoms with Gasteiger partial charge in [0.05, 0.1) is 17.0 Å². The molecule has 7 nitrogen and oxygen atoms in total. The van der Waals surface area contributed by atoms with Crippen LogP contribution in [0.2, 0.25) is 0 Å². The van der Waals surface area contributed by atoms with Gasteiger partial charge in [0, 0.05) is 11.5 Å². The lowest BCUT2D eigenvalue weighted by Gasteiger charge is -2.26. The van der Waals surface area contributed by atoms with Crippen LogP contribution in [0, 0.1) is 6.92 Å². The molecule has 1 saturated carbocycles. The summed E-state index contributed by atoms with van der Waals surface area (Å²) in [6, 6.07) is 0. The van der Waals surface area contributed by atoms with E-state index in [9.17, 15) is 8.42 Å². The lowest BCUT2D eigenvalue weighted by molar-refractivity contribution is 0.570. The molecule has 0 spiro atoms. The van der Waals surface area contributed by atoms with E-state index in [2.05, 4.69) is 20.7 Å². The summed E-state index contributed by atoms with van der Waals surface area (Å²) in [5, 5.41) is 3.31. The van der Waals surface area contributed by atoms with Gasteiger partial charge in [-0.3, -0.25) is 0 Å². The molecular weight excluding hydrogens is 290 g/mol. The largest absolute Gasteiger partial charge is 0.363 e. The summed E-state index contributed by atoms with van der Waals surface area (Å²) in [4.78, 5) is 9.02. The SMILES string of the molecule is Cc1c(NN)nc(C2CC2)nc1NC1(C)CCS(=O)(=O)C1. The zero-order valence-electron chi connectivity index (χ0n) is 12.3. The fourth-order valence-corrected chi connectivity index (χ4v) is 4.81. The normalized spacial score (nSPS) is 27.6. The summed E-state index contributed by atoms with van der Waals surface area (Å²) in [5.41, 5.74) is 2.93. The third-order valence-electron chi connectivity index (χ3n) is 4.17. The molecular formula is C13H21N5O2S. The van der Waals surface area contributed by atoms with Crippen molar-refractivity contribution >= 4 is 21.5 Å². The van der Waals surface area contributed by atoms with Crippen molar-refractivity contribution in [3.63, 3.8) is 0 Å². The monoisotopic (exact) mass is 311 g/mol. The number of hydrogen-bond acceptors (Lipinski definition) is 7. The van der Waals surface area contributed by atoms with Crippen molar-refractivity contribution in [2.24, 2.45) is 5.84 Å². The van der Waals surface area contributed by atoms with Gasteiger partial charge in [0.15, 0.2) is 9.84 Å². The summed E-state index contributed by atoms with van der Waals surface area (Å²) < 4.78 is 23.4. The average molecular weight is 311 g/mol. The summed E-state index contributed by atoms with van der Waals surface area (Å²) >= 11 is 0. The summed E-state index contributed by atoms with van der Waals surface area (Å²) in [5.74, 6) is 8.34. The first-order chi connectivity index (χ1) is 9.82. The highest BCUT2D eigenvalue weighted by atomic mass is 32.2. The molecule has 0 aromatic carbocycles. The molecule has 2 heterocycles. The van der Waals surface area contributed by atoms with Crippen molar-refractivity contribution in [3.05, 3.63) is 11.4 Å². The lowest BCUT2D eigenvalue weighted by Crippen LogP contribution is -2.36. The van der Waals surface area contributed by atoms with E-state index in [0.29, 0.717) is 24.0 Å². The van der Waals surface area contributed by atoms with Crippen molar-refractivity contribution in [1.82, 2.24) is 9.97 Å². The number of nitrogens with two attached hydrogens (primary N) is 1. The number of rotatable bonds is 4. The molecule has 116 valence electrons. The second-order valence-electron chi connectivity index (χ2n) is 6.35. The minimum atomic E-state index is -2.96. The van der Waals surface area contributed by atoms with Crippen LogP contribution < -0.4 is 16.6 Å². The van der Waals surface area contributed by atoms with E-state index in [1.54, 1.807) is 0 Å². The Balaban J connectivity index is 1.92. The van der Waals surface area contributed by atoms with E-state index < -0.39 is 15.4 Å². The summed E-state index contributed by atoms with van der Waals surface area (Å²) in [6.45, 7) is 3.80. The van der Waals surface area contributed by atoms with Crippen LogP contribution in [-0.4, -0.2) is 35.4 Å². The van der Waals surface area contributed by atoms with Crippen molar-refractivity contribution in [2.75, 3.05) is 22.2 Å². The molecule has 0 amide bonds. The molecule has 8 heteroatoms. The average Bonchev–Trinajstić information content (AvgIpc) is 3.19. The van der Waals surface area contributed by atoms with Crippen LogP contribution in [0.1, 0.15) is 43.5 Å². The standard InChI is InChI=1S/C13H21N5O2S/c1-8-10(17-13(2)5-6-21(19,20)7-13)15-12(9-3-4-9)16-11(8)18-14/h9H,3-7,14H2,1-2H3,(H2,15,16,17,18). The maximum atomic E-state index is 11.7. The third kappa shape index (κ3) is 2.96. The van der Waals surface area contributed by atoms with Crippen LogP contribution >= 0.6 is 0 Å². The molecule has 21 heavy (non-hydrogen) atoms. The minimum absolute atomic E-state index is 0.133. The Hall–Kier alpha value is -1.41. The van der Waals surface area contributed by atoms with Gasteiger partial charge in [-0.25, -0.2) is 24.2 Å². The van der Waals surface area contributed by atoms with Crippen LogP contribution in [-0.2, 0) is 9.84 Å². The number of aromatic nitrogens is 2. The van der Waals surface area contributed by atoms with Crippen LogP contribution in [0.5, 0.6) is 0 Å². The Morgan fingerprint density at radius 2 is 1.95 bits per heavy atom. The van der Waals surface area contributed by atoms with Gasteiger partial charge in [0.25, 0.3) is 0 Å². The highest BCUT2D eigenvalue weighted by Gasteiger charge is 2.39. The number of hydrazine groups is 1. The Morgan fingerprint density at radius 1 is 1.29 bits per heavy atom. The van der Waals surface area contributed by atoms with Crippen LogP contribution in [0.25, 0.3) is 0 Å². The number of hydrogen-bond donors (Lipinski definition) is 3. The number of sulfone groups is 1. The van der Waals surface area contributed by atoms with E-state index in [1.165, 1.54) is 0 Å². The molecule has 2 fully saturated rings. The Bertz CT molecular complexity index is 671. The molecule has 0 bridgehead atoms. The first-order valence-electron chi connectivity index (χ1n) is 7.16. The maximum Gasteiger partial charge on any atom is 0.152 e. The predicted octanol–water partition coefficient (Wildman–Crippen LogP) is 0.937. The molecule has 1 aromatic rings. The molecule has 1 saturated heterocycles. The third-order valence-corrected chi connectivity index (χ3v) is 6.07. The zero-order valence-corrected chi connectivity index (χ0v) is 13.1. The van der Waals surface area contributed by atoms with Gasteiger partial charge in [0.1, 0.15) is 17.5 Å². The molecule has 1 aliphatic heterocycles. The Morgan fingerprint density at radius 3 is 2.48 bits per heavy atom. The van der Waals surface area contributed by atoms with Crippen LogP contribution in [0.15, 0.2) is 0 Å². The quantitative estimate of drug-likeness (QED) is 0.560. The van der Waals surface area contributed by atoms with Gasteiger partial charge in [-0.15, -0.1) is 0 Å². The second-order valence-corrected chi connectivity index (χ2v) is 8.53. The maximum absolute atomic E-state index is 11.7. The number of nitrogens with one attached hydrogen (secondary N) is 2. The van der Waals surface area contributed by atoms with Crippen LogP contribution in [0.4, 0.5) is 11.6 Å². The van der Waals surface area contributed by atoms with Crippen molar-refractivity contribution in [3.8, 4) is 0 Å². The zero-order chi connectivity index (χ0) is 15.3. The van der Waals surface area contributed by atoms with Crippen molar-refractivity contribution in [2.45, 2.75) is 44.6 Å². The summed E-state index contributed by atoms with van der Waals surface area (Å²) in [7, 11) is -2.96. The van der Waals surface area contributed by atoms with Gasteiger partial charge in [-0.1, -0.05) is 0 Å². The number of nitrogens with zero attached hydrogens (tertiary/aromatic N) is 2. The fourth-order valence-electron chi connectivity index (χ4n) is 2.72. The van der Waals surface area contributed by atoms with Gasteiger partial charge in [-0.05, 0) is 33.1 Å². The molecule has 3 rings (SSSR count). The van der Waals surface area contributed by atoms with Gasteiger partial charge in [0.2, 0.25) is 0 Å². The molecule has 1 aromatic heterocycles. The second kappa shape index (κ2) is 4.81. The molecule has 2 aliphatic rings. The Kier molecular flexibility index (Phi) is 3.32. The number of anilines is 2. The van der Waals surface area contributed by atoms with E-state index in [4.69, 9.17) is 5.84 Å². The predicted molar refractivity (Wildman–Crippen MR) is 81.9 cm³/mol. The molecule has 4 N–H and O–H groups in total. The first kappa shape index (κ1) is 14.5. The number of nitrogen functional groups attached to an aromatic ring is 1. The highest BCUT2D eigenvalue weighted by Crippen LogP contribution is 2.40. The first-order valence-corrected chi connectivity index (χ1v) is 8.98. The van der Waals surface area contributed by atoms with E-state index in [1.807, 2.05) is 13.8 Å². The van der Waals surface area contributed by atoms with E-state index >= 15 is 0 Å². The van der Waals surface area contributed by atoms with E-state index in [-0.39, 0.29) is 11.5 Å². The van der Waals surface area contributed by atoms with Crippen molar-refractivity contribution < 1.29 is 8.42 Å². The van der Waals surface area contributed by atoms with Crippen molar-refractivity contribution in [1.29, 1.82) is 0 Å². The smallest absolute Gasteiger partial charge is 0.152 e. The van der Waals surface area contributed by atoms with E-state index in [0.717, 1.165) is 24.2 Å². The molecule has 1 aliphatic carbocycles. The van der Waals surface area contributed by atoms with Gasteiger partial charge < -0.3 is 10.7 Å². The fraction of sp³-hybridized carbons (Fsp3) is 0.692. The van der Waals surface area contributed by atoms with Gasteiger partial charge in [-0.2, -0.15) is 0 Å². The summed E-state index contributed by atoms with van der Waals surface area (Å²) in [6.07, 6.45) is 2.78. The molecule has 0 radical (unpaired) electrons. The van der Waals surface area contributed by atoms with Gasteiger partial charge >= 0.3 is 0 Å². The topological polar surface area (TPSA) is 110 Å². The van der Waals surface area contributed by atoms with Crippen LogP contribution in [0.3, 0.4) is 0 Å². The lowest BCUT2D eigenvalue weighted by atomic mass is 10.0. The highest BCUT2D eigenvalue weighted by molar-refractivity contribution is 7.91.